The zero-order chi connectivity index (χ0) is 26.4. The van der Waals surface area contributed by atoms with Crippen LogP contribution >= 0.6 is 0 Å². The number of amidine groups is 1. The number of carbonyl (C=O) groups excluding carboxylic acids is 2. The molecule has 0 aliphatic carbocycles. The molecule has 0 spiro atoms. The van der Waals surface area contributed by atoms with Crippen molar-refractivity contribution in [2.75, 3.05) is 48.8 Å². The van der Waals surface area contributed by atoms with Crippen LogP contribution in [0.4, 0.5) is 17.1 Å². The number of nitrogens with one attached hydrogen (secondary N) is 3. The Hall–Kier alpha value is -4.53. The molecule has 1 fully saturated rings. The Bertz CT molecular complexity index is 1270. The lowest BCUT2D eigenvalue weighted by molar-refractivity contribution is 0.101. The number of amides is 2. The molecule has 9 heteroatoms. The summed E-state index contributed by atoms with van der Waals surface area (Å²) in [6.45, 7) is 5.14. The average Bonchev–Trinajstić information content (AvgIpc) is 3.17. The molecule has 37 heavy (non-hydrogen) atoms. The monoisotopic (exact) mass is 501 g/mol. The van der Waals surface area contributed by atoms with Crippen molar-refractivity contribution >= 4 is 34.7 Å². The second kappa shape index (κ2) is 11.5. The van der Waals surface area contributed by atoms with Crippen molar-refractivity contribution in [3.05, 3.63) is 77.9 Å². The SMILES string of the molecule is COc1ccc(C(=O)Nc2cccc(O)c2NC(=O)c2ccc(N3CCCN(C(C)=N)CC3)cc2)cc1. The highest BCUT2D eigenvalue weighted by Crippen LogP contribution is 2.32. The smallest absolute Gasteiger partial charge is 0.255 e. The van der Waals surface area contributed by atoms with Gasteiger partial charge < -0.3 is 30.3 Å². The zero-order valence-corrected chi connectivity index (χ0v) is 21.0. The summed E-state index contributed by atoms with van der Waals surface area (Å²) in [7, 11) is 1.55. The molecule has 192 valence electrons. The number of phenolic OH excluding ortho intramolecular Hbond substituents is 1. The number of phenols is 1. The number of para-hydroxylation sites is 1. The third kappa shape index (κ3) is 6.19. The van der Waals surface area contributed by atoms with Crippen LogP contribution in [0, 0.1) is 5.41 Å². The highest BCUT2D eigenvalue weighted by Gasteiger charge is 2.18. The lowest BCUT2D eigenvalue weighted by Gasteiger charge is -2.24. The van der Waals surface area contributed by atoms with Gasteiger partial charge in [-0.1, -0.05) is 6.07 Å². The molecule has 4 N–H and O–H groups in total. The van der Waals surface area contributed by atoms with E-state index in [0.717, 1.165) is 38.3 Å². The molecule has 1 aliphatic heterocycles. The summed E-state index contributed by atoms with van der Waals surface area (Å²) < 4.78 is 5.12. The molecule has 0 atom stereocenters. The van der Waals surface area contributed by atoms with Crippen LogP contribution < -0.4 is 20.3 Å². The first-order valence-corrected chi connectivity index (χ1v) is 12.1. The number of anilines is 3. The summed E-state index contributed by atoms with van der Waals surface area (Å²) in [5, 5.41) is 23.8. The quantitative estimate of drug-likeness (QED) is 0.226. The zero-order valence-electron chi connectivity index (χ0n) is 21.0. The van der Waals surface area contributed by atoms with Gasteiger partial charge in [0.25, 0.3) is 11.8 Å². The number of hydrogen-bond donors (Lipinski definition) is 4. The molecule has 1 heterocycles. The normalized spacial score (nSPS) is 13.5. The number of rotatable bonds is 6. The summed E-state index contributed by atoms with van der Waals surface area (Å²) in [5.74, 6) is 0.259. The number of benzene rings is 3. The standard InChI is InChI=1S/C28H31N5O4/c1-19(29)32-15-4-16-33(18-17-32)22-11-7-20(8-12-22)28(36)31-26-24(5-3-6-25(26)34)30-27(35)21-9-13-23(37-2)14-10-21/h3,5-14,29,34H,4,15-18H2,1-2H3,(H,30,35)(H,31,36). The number of carbonyl (C=O) groups is 2. The summed E-state index contributed by atoms with van der Waals surface area (Å²) >= 11 is 0. The van der Waals surface area contributed by atoms with E-state index in [1.54, 1.807) is 55.6 Å². The van der Waals surface area contributed by atoms with Gasteiger partial charge in [-0.05, 0) is 74.0 Å². The third-order valence-electron chi connectivity index (χ3n) is 6.35. The van der Waals surface area contributed by atoms with Gasteiger partial charge in [0.1, 0.15) is 17.2 Å². The van der Waals surface area contributed by atoms with Gasteiger partial charge in [-0.3, -0.25) is 15.0 Å². The van der Waals surface area contributed by atoms with Gasteiger partial charge in [0.2, 0.25) is 0 Å². The van der Waals surface area contributed by atoms with Crippen molar-refractivity contribution in [3.8, 4) is 11.5 Å². The van der Waals surface area contributed by atoms with Crippen molar-refractivity contribution < 1.29 is 19.4 Å². The number of methoxy groups -OCH3 is 1. The maximum Gasteiger partial charge on any atom is 0.255 e. The average molecular weight is 502 g/mol. The third-order valence-corrected chi connectivity index (χ3v) is 6.35. The molecule has 0 aromatic heterocycles. The van der Waals surface area contributed by atoms with Crippen LogP contribution in [0.3, 0.4) is 0 Å². The molecule has 0 unspecified atom stereocenters. The Morgan fingerprint density at radius 2 is 1.51 bits per heavy atom. The van der Waals surface area contributed by atoms with Gasteiger partial charge in [0.15, 0.2) is 0 Å². The molecule has 0 radical (unpaired) electrons. The largest absolute Gasteiger partial charge is 0.506 e. The maximum atomic E-state index is 13.0. The van der Waals surface area contributed by atoms with E-state index in [2.05, 4.69) is 20.4 Å². The second-order valence-electron chi connectivity index (χ2n) is 8.80. The summed E-state index contributed by atoms with van der Waals surface area (Å²) in [6, 6.07) is 18.6. The van der Waals surface area contributed by atoms with Gasteiger partial charge in [-0.25, -0.2) is 0 Å². The first-order valence-electron chi connectivity index (χ1n) is 12.1. The minimum atomic E-state index is -0.408. The van der Waals surface area contributed by atoms with E-state index in [1.165, 1.54) is 6.07 Å². The van der Waals surface area contributed by atoms with E-state index in [4.69, 9.17) is 10.1 Å². The first kappa shape index (κ1) is 25.6. The van der Waals surface area contributed by atoms with Crippen LogP contribution in [-0.4, -0.2) is 60.9 Å². The van der Waals surface area contributed by atoms with E-state index < -0.39 is 5.91 Å². The topological polar surface area (TPSA) is 118 Å². The van der Waals surface area contributed by atoms with Gasteiger partial charge >= 0.3 is 0 Å². The van der Waals surface area contributed by atoms with Crippen molar-refractivity contribution in [3.63, 3.8) is 0 Å². The van der Waals surface area contributed by atoms with Crippen LogP contribution in [0.25, 0.3) is 0 Å². The van der Waals surface area contributed by atoms with Gasteiger partial charge in [-0.2, -0.15) is 0 Å². The predicted molar refractivity (Wildman–Crippen MR) is 145 cm³/mol. The maximum absolute atomic E-state index is 13.0. The van der Waals surface area contributed by atoms with E-state index in [9.17, 15) is 14.7 Å². The fourth-order valence-electron chi connectivity index (χ4n) is 4.23. The molecule has 3 aromatic carbocycles. The minimum absolute atomic E-state index is 0.119. The van der Waals surface area contributed by atoms with Crippen molar-refractivity contribution in [1.29, 1.82) is 5.41 Å². The molecule has 1 saturated heterocycles. The van der Waals surface area contributed by atoms with Crippen molar-refractivity contribution in [2.45, 2.75) is 13.3 Å². The second-order valence-corrected chi connectivity index (χ2v) is 8.80. The molecule has 0 bridgehead atoms. The summed E-state index contributed by atoms with van der Waals surface area (Å²) in [5.41, 5.74) is 2.24. The number of hydrogen-bond acceptors (Lipinski definition) is 6. The Morgan fingerprint density at radius 3 is 2.16 bits per heavy atom. The Balaban J connectivity index is 1.45. The fourth-order valence-corrected chi connectivity index (χ4v) is 4.23. The van der Waals surface area contributed by atoms with E-state index >= 15 is 0 Å². The van der Waals surface area contributed by atoms with E-state index in [0.29, 0.717) is 22.7 Å². The highest BCUT2D eigenvalue weighted by molar-refractivity contribution is 6.11. The molecule has 4 rings (SSSR count). The Kier molecular flexibility index (Phi) is 7.92. The van der Waals surface area contributed by atoms with Crippen molar-refractivity contribution in [1.82, 2.24) is 4.90 Å². The number of ether oxygens (including phenoxy) is 1. The van der Waals surface area contributed by atoms with Gasteiger partial charge in [-0.15, -0.1) is 0 Å². The molecule has 0 saturated carbocycles. The van der Waals surface area contributed by atoms with E-state index in [1.807, 2.05) is 19.1 Å². The van der Waals surface area contributed by atoms with Crippen LogP contribution in [-0.2, 0) is 0 Å². The number of nitrogens with zero attached hydrogens (tertiary/aromatic N) is 2. The van der Waals surface area contributed by atoms with Crippen LogP contribution in [0.2, 0.25) is 0 Å². The molecule has 3 aromatic rings. The van der Waals surface area contributed by atoms with Crippen LogP contribution in [0.1, 0.15) is 34.1 Å². The molecule has 9 nitrogen and oxygen atoms in total. The molecule has 1 aliphatic rings. The molecular formula is C28H31N5O4. The Morgan fingerprint density at radius 1 is 0.865 bits per heavy atom. The Labute approximate surface area is 216 Å². The van der Waals surface area contributed by atoms with Crippen LogP contribution in [0.5, 0.6) is 11.5 Å². The predicted octanol–water partition coefficient (Wildman–Crippen LogP) is 4.41. The van der Waals surface area contributed by atoms with Crippen molar-refractivity contribution in [2.24, 2.45) is 0 Å². The number of aromatic hydroxyl groups is 1. The lowest BCUT2D eigenvalue weighted by Crippen LogP contribution is -2.33. The molecule has 2 amide bonds. The van der Waals surface area contributed by atoms with E-state index in [-0.39, 0.29) is 23.0 Å². The fraction of sp³-hybridized carbons (Fsp3) is 0.250. The van der Waals surface area contributed by atoms with Crippen LogP contribution in [0.15, 0.2) is 66.7 Å². The highest BCUT2D eigenvalue weighted by atomic mass is 16.5. The summed E-state index contributed by atoms with van der Waals surface area (Å²) in [4.78, 5) is 30.1. The lowest BCUT2D eigenvalue weighted by atomic mass is 10.1. The first-order chi connectivity index (χ1) is 17.9. The minimum Gasteiger partial charge on any atom is -0.506 e. The van der Waals surface area contributed by atoms with Gasteiger partial charge in [0.05, 0.1) is 18.6 Å². The van der Waals surface area contributed by atoms with Gasteiger partial charge in [0, 0.05) is 43.0 Å². The molecular weight excluding hydrogens is 470 g/mol. The summed E-state index contributed by atoms with van der Waals surface area (Å²) in [6.07, 6.45) is 0.955.